The predicted molar refractivity (Wildman–Crippen MR) is 73.0 cm³/mol. The highest BCUT2D eigenvalue weighted by Gasteiger charge is 2.49. The van der Waals surface area contributed by atoms with Crippen molar-refractivity contribution in [3.8, 4) is 0 Å². The number of esters is 1. The van der Waals surface area contributed by atoms with E-state index in [1.807, 2.05) is 0 Å². The summed E-state index contributed by atoms with van der Waals surface area (Å²) in [6.45, 7) is 9.36. The van der Waals surface area contributed by atoms with Crippen molar-refractivity contribution in [3.05, 3.63) is 12.2 Å². The Morgan fingerprint density at radius 1 is 1.22 bits per heavy atom. The molecular formula is C16H26O2. The lowest BCUT2D eigenvalue weighted by atomic mass is 9.76. The topological polar surface area (TPSA) is 26.3 Å². The minimum absolute atomic E-state index is 0.0474. The van der Waals surface area contributed by atoms with E-state index in [0.717, 1.165) is 12.8 Å². The number of fused-ring (bicyclic) bond motifs is 2. The molecule has 4 unspecified atom stereocenters. The summed E-state index contributed by atoms with van der Waals surface area (Å²) in [7, 11) is 0. The van der Waals surface area contributed by atoms with Gasteiger partial charge in [0.05, 0.1) is 12.5 Å². The summed E-state index contributed by atoms with van der Waals surface area (Å²) in [6, 6.07) is 0. The maximum atomic E-state index is 12.3. The smallest absolute Gasteiger partial charge is 0.309 e. The lowest BCUT2D eigenvalue weighted by Gasteiger charge is -2.29. The van der Waals surface area contributed by atoms with E-state index in [1.165, 1.54) is 0 Å². The van der Waals surface area contributed by atoms with Crippen molar-refractivity contribution in [1.29, 1.82) is 0 Å². The maximum Gasteiger partial charge on any atom is 0.309 e. The van der Waals surface area contributed by atoms with Crippen molar-refractivity contribution in [2.75, 3.05) is 6.61 Å². The molecule has 0 N–H and O–H groups in total. The van der Waals surface area contributed by atoms with Gasteiger partial charge in [0.2, 0.25) is 0 Å². The molecule has 2 bridgehead atoms. The quantitative estimate of drug-likeness (QED) is 0.549. The molecular weight excluding hydrogens is 224 g/mol. The van der Waals surface area contributed by atoms with Gasteiger partial charge in [-0.05, 0) is 42.4 Å². The molecule has 102 valence electrons. The standard InChI is InChI=1S/C16H26O2/c1-10(2)7-8-18-16(17)15-13-6-5-12(9-13)14(15)11(3)4/h5-6,10-15H,7-9H2,1-4H3. The molecule has 1 saturated carbocycles. The summed E-state index contributed by atoms with van der Waals surface area (Å²) in [5.74, 6) is 2.86. The van der Waals surface area contributed by atoms with Crippen LogP contribution in [0.25, 0.3) is 0 Å². The van der Waals surface area contributed by atoms with Crippen LogP contribution in [0.5, 0.6) is 0 Å². The number of ether oxygens (including phenoxy) is 1. The predicted octanol–water partition coefficient (Wildman–Crippen LogP) is 3.67. The van der Waals surface area contributed by atoms with E-state index in [-0.39, 0.29) is 11.9 Å². The van der Waals surface area contributed by atoms with Gasteiger partial charge < -0.3 is 4.74 Å². The summed E-state index contributed by atoms with van der Waals surface area (Å²) in [4.78, 5) is 12.3. The van der Waals surface area contributed by atoms with Gasteiger partial charge in [-0.2, -0.15) is 0 Å². The third-order valence-electron chi connectivity index (χ3n) is 4.50. The van der Waals surface area contributed by atoms with Crippen LogP contribution in [0, 0.1) is 35.5 Å². The Labute approximate surface area is 111 Å². The molecule has 0 aromatic carbocycles. The van der Waals surface area contributed by atoms with Crippen molar-refractivity contribution >= 4 is 5.97 Å². The second-order valence-corrected chi connectivity index (χ2v) is 6.65. The first-order chi connectivity index (χ1) is 8.50. The van der Waals surface area contributed by atoms with E-state index >= 15 is 0 Å². The van der Waals surface area contributed by atoms with E-state index in [1.54, 1.807) is 0 Å². The first-order valence-corrected chi connectivity index (χ1v) is 7.35. The highest BCUT2D eigenvalue weighted by atomic mass is 16.5. The molecule has 4 atom stereocenters. The van der Waals surface area contributed by atoms with Crippen LogP contribution in [0.15, 0.2) is 12.2 Å². The molecule has 0 aromatic heterocycles. The van der Waals surface area contributed by atoms with Gasteiger partial charge in [0.25, 0.3) is 0 Å². The second-order valence-electron chi connectivity index (χ2n) is 6.65. The van der Waals surface area contributed by atoms with Crippen LogP contribution in [-0.2, 0) is 9.53 Å². The molecule has 2 rings (SSSR count). The molecule has 0 aliphatic heterocycles. The number of hydrogen-bond donors (Lipinski definition) is 0. The van der Waals surface area contributed by atoms with E-state index < -0.39 is 0 Å². The van der Waals surface area contributed by atoms with Crippen molar-refractivity contribution in [1.82, 2.24) is 0 Å². The zero-order valence-corrected chi connectivity index (χ0v) is 12.1. The number of carbonyl (C=O) groups is 1. The van der Waals surface area contributed by atoms with Gasteiger partial charge in [-0.3, -0.25) is 4.79 Å². The van der Waals surface area contributed by atoms with Gasteiger partial charge in [0.15, 0.2) is 0 Å². The molecule has 2 aliphatic carbocycles. The van der Waals surface area contributed by atoms with Crippen LogP contribution < -0.4 is 0 Å². The molecule has 18 heavy (non-hydrogen) atoms. The number of allylic oxidation sites excluding steroid dienone is 2. The number of rotatable bonds is 5. The fourth-order valence-electron chi connectivity index (χ4n) is 3.59. The Balaban J connectivity index is 1.94. The molecule has 0 heterocycles. The third-order valence-corrected chi connectivity index (χ3v) is 4.50. The van der Waals surface area contributed by atoms with Crippen LogP contribution in [0.3, 0.4) is 0 Å². The van der Waals surface area contributed by atoms with Crippen LogP contribution in [0.4, 0.5) is 0 Å². The fourth-order valence-corrected chi connectivity index (χ4v) is 3.59. The van der Waals surface area contributed by atoms with Crippen molar-refractivity contribution in [2.24, 2.45) is 35.5 Å². The van der Waals surface area contributed by atoms with Gasteiger partial charge in [-0.25, -0.2) is 0 Å². The Bertz CT molecular complexity index is 330. The average Bonchev–Trinajstić information content (AvgIpc) is 2.87. The molecule has 0 aromatic rings. The van der Waals surface area contributed by atoms with E-state index in [2.05, 4.69) is 39.8 Å². The lowest BCUT2D eigenvalue weighted by molar-refractivity contribution is -0.152. The van der Waals surface area contributed by atoms with E-state index in [4.69, 9.17) is 4.74 Å². The summed E-state index contributed by atoms with van der Waals surface area (Å²) >= 11 is 0. The van der Waals surface area contributed by atoms with Gasteiger partial charge >= 0.3 is 5.97 Å². The number of hydrogen-bond acceptors (Lipinski definition) is 2. The van der Waals surface area contributed by atoms with Gasteiger partial charge in [0.1, 0.15) is 0 Å². The largest absolute Gasteiger partial charge is 0.465 e. The zero-order valence-electron chi connectivity index (χ0n) is 12.1. The van der Waals surface area contributed by atoms with Gasteiger partial charge in [-0.1, -0.05) is 39.8 Å². The minimum atomic E-state index is 0.0474. The zero-order chi connectivity index (χ0) is 13.3. The van der Waals surface area contributed by atoms with Crippen LogP contribution >= 0.6 is 0 Å². The Morgan fingerprint density at radius 2 is 1.89 bits per heavy atom. The molecule has 0 amide bonds. The minimum Gasteiger partial charge on any atom is -0.465 e. The van der Waals surface area contributed by atoms with Crippen molar-refractivity contribution in [3.63, 3.8) is 0 Å². The summed E-state index contributed by atoms with van der Waals surface area (Å²) in [6.07, 6.45) is 6.67. The first-order valence-electron chi connectivity index (χ1n) is 7.35. The van der Waals surface area contributed by atoms with Crippen LogP contribution in [0.2, 0.25) is 0 Å². The molecule has 0 saturated heterocycles. The Kier molecular flexibility index (Phi) is 4.14. The van der Waals surface area contributed by atoms with Crippen molar-refractivity contribution < 1.29 is 9.53 Å². The molecule has 2 heteroatoms. The fraction of sp³-hybridized carbons (Fsp3) is 0.812. The molecule has 2 aliphatic rings. The van der Waals surface area contributed by atoms with Crippen LogP contribution in [0.1, 0.15) is 40.5 Å². The van der Waals surface area contributed by atoms with Crippen molar-refractivity contribution in [2.45, 2.75) is 40.5 Å². The lowest BCUT2D eigenvalue weighted by Crippen LogP contribution is -2.32. The molecule has 0 spiro atoms. The maximum absolute atomic E-state index is 12.3. The highest BCUT2D eigenvalue weighted by Crippen LogP contribution is 2.51. The van der Waals surface area contributed by atoms with E-state index in [0.29, 0.717) is 36.2 Å². The SMILES string of the molecule is CC(C)CCOC(=O)C1C2C=CC(C2)C1C(C)C. The first kappa shape index (κ1) is 13.6. The monoisotopic (exact) mass is 250 g/mol. The summed E-state index contributed by atoms with van der Waals surface area (Å²) in [5, 5.41) is 0. The average molecular weight is 250 g/mol. The second kappa shape index (κ2) is 5.46. The molecule has 0 radical (unpaired) electrons. The van der Waals surface area contributed by atoms with Crippen LogP contribution in [-0.4, -0.2) is 12.6 Å². The molecule has 2 nitrogen and oxygen atoms in total. The van der Waals surface area contributed by atoms with E-state index in [9.17, 15) is 4.79 Å². The summed E-state index contributed by atoms with van der Waals surface area (Å²) in [5.41, 5.74) is 0. The van der Waals surface area contributed by atoms with Gasteiger partial charge in [0, 0.05) is 0 Å². The summed E-state index contributed by atoms with van der Waals surface area (Å²) < 4.78 is 5.50. The molecule has 1 fully saturated rings. The Hall–Kier alpha value is -0.790. The highest BCUT2D eigenvalue weighted by molar-refractivity contribution is 5.74. The normalized spacial score (nSPS) is 33.7. The Morgan fingerprint density at radius 3 is 2.50 bits per heavy atom. The van der Waals surface area contributed by atoms with Gasteiger partial charge in [-0.15, -0.1) is 0 Å². The number of carbonyl (C=O) groups excluding carboxylic acids is 1. The third kappa shape index (κ3) is 2.62.